The van der Waals surface area contributed by atoms with Gasteiger partial charge in [0.15, 0.2) is 0 Å². The molecule has 2 aromatic carbocycles. The molecule has 5 heteroatoms. The molecule has 2 aromatic rings. The Labute approximate surface area is 142 Å². The van der Waals surface area contributed by atoms with Crippen LogP contribution >= 0.6 is 0 Å². The normalized spacial score (nSPS) is 11.5. The van der Waals surface area contributed by atoms with Crippen molar-refractivity contribution in [2.24, 2.45) is 0 Å². The number of rotatable bonds is 5. The van der Waals surface area contributed by atoms with E-state index >= 15 is 0 Å². The zero-order valence-corrected chi connectivity index (χ0v) is 14.1. The van der Waals surface area contributed by atoms with Crippen LogP contribution in [-0.2, 0) is 16.0 Å². The number of ether oxygens (including phenoxy) is 1. The molecule has 0 spiro atoms. The Morgan fingerprint density at radius 3 is 2.42 bits per heavy atom. The predicted molar refractivity (Wildman–Crippen MR) is 94.0 cm³/mol. The molecule has 0 aliphatic heterocycles. The molecule has 5 nitrogen and oxygen atoms in total. The van der Waals surface area contributed by atoms with Crippen LogP contribution in [0.1, 0.15) is 16.7 Å². The average Bonchev–Trinajstić information content (AvgIpc) is 2.58. The van der Waals surface area contributed by atoms with Gasteiger partial charge in [-0.1, -0.05) is 42.5 Å². The van der Waals surface area contributed by atoms with Crippen LogP contribution in [0, 0.1) is 13.8 Å². The lowest BCUT2D eigenvalue weighted by atomic mass is 10.1. The van der Waals surface area contributed by atoms with Gasteiger partial charge in [0.2, 0.25) is 0 Å². The number of aryl methyl sites for hydroxylation is 1. The summed E-state index contributed by atoms with van der Waals surface area (Å²) in [4.78, 5) is 24.2. The van der Waals surface area contributed by atoms with E-state index in [4.69, 9.17) is 4.74 Å². The lowest BCUT2D eigenvalue weighted by molar-refractivity contribution is -0.142. The third-order valence-corrected chi connectivity index (χ3v) is 3.93. The molecule has 0 aliphatic carbocycles. The first-order valence-corrected chi connectivity index (χ1v) is 7.76. The van der Waals surface area contributed by atoms with Crippen LogP contribution in [0.25, 0.3) is 0 Å². The lowest BCUT2D eigenvalue weighted by Gasteiger charge is -2.18. The van der Waals surface area contributed by atoms with Crippen molar-refractivity contribution in [3.63, 3.8) is 0 Å². The van der Waals surface area contributed by atoms with Crippen LogP contribution in [0.2, 0.25) is 0 Å². The van der Waals surface area contributed by atoms with Crippen molar-refractivity contribution in [1.29, 1.82) is 0 Å². The van der Waals surface area contributed by atoms with E-state index in [1.807, 2.05) is 62.4 Å². The van der Waals surface area contributed by atoms with Crippen molar-refractivity contribution in [3.8, 4) is 0 Å². The molecule has 1 unspecified atom stereocenters. The van der Waals surface area contributed by atoms with Gasteiger partial charge in [0, 0.05) is 12.1 Å². The van der Waals surface area contributed by atoms with E-state index in [-0.39, 0.29) is 0 Å². The van der Waals surface area contributed by atoms with Crippen molar-refractivity contribution < 1.29 is 14.3 Å². The largest absolute Gasteiger partial charge is 0.467 e. The van der Waals surface area contributed by atoms with Crippen LogP contribution < -0.4 is 10.6 Å². The van der Waals surface area contributed by atoms with Gasteiger partial charge in [-0.15, -0.1) is 0 Å². The van der Waals surface area contributed by atoms with Crippen molar-refractivity contribution in [2.75, 3.05) is 12.4 Å². The summed E-state index contributed by atoms with van der Waals surface area (Å²) in [6.45, 7) is 3.91. The molecule has 2 rings (SSSR count). The van der Waals surface area contributed by atoms with Crippen LogP contribution in [-0.4, -0.2) is 25.2 Å². The Bertz CT molecular complexity index is 714. The molecule has 2 N–H and O–H groups in total. The second-order valence-corrected chi connectivity index (χ2v) is 5.61. The number of hydrogen-bond donors (Lipinski definition) is 2. The van der Waals surface area contributed by atoms with Crippen molar-refractivity contribution >= 4 is 17.7 Å². The zero-order valence-electron chi connectivity index (χ0n) is 14.1. The molecule has 0 aliphatic rings. The van der Waals surface area contributed by atoms with Gasteiger partial charge in [0.1, 0.15) is 6.04 Å². The van der Waals surface area contributed by atoms with Crippen molar-refractivity contribution in [2.45, 2.75) is 26.3 Å². The van der Waals surface area contributed by atoms with Gasteiger partial charge in [-0.3, -0.25) is 0 Å². The van der Waals surface area contributed by atoms with Crippen LogP contribution in [0.3, 0.4) is 0 Å². The molecule has 0 radical (unpaired) electrons. The topological polar surface area (TPSA) is 67.4 Å². The summed E-state index contributed by atoms with van der Waals surface area (Å²) in [6, 6.07) is 14.0. The highest BCUT2D eigenvalue weighted by Crippen LogP contribution is 2.17. The molecule has 1 atom stereocenters. The number of nitrogens with one attached hydrogen (secondary N) is 2. The summed E-state index contributed by atoms with van der Waals surface area (Å²) in [5, 5.41) is 5.48. The number of amides is 2. The minimum absolute atomic E-state index is 0.369. The molecule has 0 aromatic heterocycles. The van der Waals surface area contributed by atoms with E-state index in [0.29, 0.717) is 6.42 Å². The highest BCUT2D eigenvalue weighted by molar-refractivity contribution is 5.93. The molecule has 0 fully saturated rings. The van der Waals surface area contributed by atoms with Gasteiger partial charge in [0.25, 0.3) is 0 Å². The smallest absolute Gasteiger partial charge is 0.328 e. The summed E-state index contributed by atoms with van der Waals surface area (Å²) in [5.74, 6) is -0.477. The Kier molecular flexibility index (Phi) is 5.95. The number of hydrogen-bond acceptors (Lipinski definition) is 3. The minimum Gasteiger partial charge on any atom is -0.467 e. The van der Waals surface area contributed by atoms with E-state index in [0.717, 1.165) is 22.4 Å². The summed E-state index contributed by atoms with van der Waals surface area (Å²) in [6.07, 6.45) is 0.369. The summed E-state index contributed by atoms with van der Waals surface area (Å²) < 4.78 is 4.80. The maximum atomic E-state index is 12.3. The number of carbonyl (C=O) groups is 2. The Morgan fingerprint density at radius 1 is 1.04 bits per heavy atom. The molecule has 2 amide bonds. The van der Waals surface area contributed by atoms with Crippen LogP contribution in [0.15, 0.2) is 48.5 Å². The molecule has 0 saturated carbocycles. The molecule has 0 saturated heterocycles. The number of esters is 1. The zero-order chi connectivity index (χ0) is 17.5. The van der Waals surface area contributed by atoms with Gasteiger partial charge in [-0.25, -0.2) is 9.59 Å². The fraction of sp³-hybridized carbons (Fsp3) is 0.263. The Balaban J connectivity index is 2.07. The highest BCUT2D eigenvalue weighted by atomic mass is 16.5. The average molecular weight is 326 g/mol. The number of methoxy groups -OCH3 is 1. The fourth-order valence-electron chi connectivity index (χ4n) is 2.39. The summed E-state index contributed by atoms with van der Waals surface area (Å²) in [5.41, 5.74) is 3.74. The monoisotopic (exact) mass is 326 g/mol. The first-order chi connectivity index (χ1) is 11.5. The predicted octanol–water partition coefficient (Wildman–Crippen LogP) is 3.21. The molecule has 0 bridgehead atoms. The lowest BCUT2D eigenvalue weighted by Crippen LogP contribution is -2.45. The second kappa shape index (κ2) is 8.15. The number of carbonyl (C=O) groups excluding carboxylic acids is 2. The Morgan fingerprint density at radius 2 is 1.75 bits per heavy atom. The molecular weight excluding hydrogens is 304 g/mol. The van der Waals surface area contributed by atoms with Crippen molar-refractivity contribution in [1.82, 2.24) is 5.32 Å². The Hall–Kier alpha value is -2.82. The quantitative estimate of drug-likeness (QED) is 0.829. The van der Waals surface area contributed by atoms with Gasteiger partial charge >= 0.3 is 12.0 Å². The van der Waals surface area contributed by atoms with Gasteiger partial charge in [-0.2, -0.15) is 0 Å². The van der Waals surface area contributed by atoms with E-state index in [2.05, 4.69) is 10.6 Å². The first kappa shape index (κ1) is 17.5. The summed E-state index contributed by atoms with van der Waals surface area (Å²) >= 11 is 0. The third kappa shape index (κ3) is 4.59. The maximum Gasteiger partial charge on any atom is 0.328 e. The number of anilines is 1. The van der Waals surface area contributed by atoms with E-state index in [1.54, 1.807) is 0 Å². The third-order valence-electron chi connectivity index (χ3n) is 3.93. The van der Waals surface area contributed by atoms with Crippen LogP contribution in [0.5, 0.6) is 0 Å². The molecule has 24 heavy (non-hydrogen) atoms. The number of urea groups is 1. The minimum atomic E-state index is -0.748. The van der Waals surface area contributed by atoms with Crippen molar-refractivity contribution in [3.05, 3.63) is 65.2 Å². The second-order valence-electron chi connectivity index (χ2n) is 5.61. The summed E-state index contributed by atoms with van der Waals surface area (Å²) in [7, 11) is 1.31. The first-order valence-electron chi connectivity index (χ1n) is 7.76. The maximum absolute atomic E-state index is 12.3. The van der Waals surface area contributed by atoms with Gasteiger partial charge in [0.05, 0.1) is 7.11 Å². The highest BCUT2D eigenvalue weighted by Gasteiger charge is 2.22. The van der Waals surface area contributed by atoms with E-state index in [9.17, 15) is 9.59 Å². The fourth-order valence-corrected chi connectivity index (χ4v) is 2.39. The standard InChI is InChI=1S/C19H22N2O3/c1-13-8-7-11-16(14(13)2)20-19(23)21-17(18(22)24-3)12-15-9-5-4-6-10-15/h4-11,17H,12H2,1-3H3,(H2,20,21,23). The van der Waals surface area contributed by atoms with Gasteiger partial charge in [-0.05, 0) is 36.6 Å². The SMILES string of the molecule is COC(=O)C(Cc1ccccc1)NC(=O)Nc1cccc(C)c1C. The van der Waals surface area contributed by atoms with Gasteiger partial charge < -0.3 is 15.4 Å². The van der Waals surface area contributed by atoms with Crippen LogP contribution in [0.4, 0.5) is 10.5 Å². The number of benzene rings is 2. The van der Waals surface area contributed by atoms with E-state index < -0.39 is 18.0 Å². The van der Waals surface area contributed by atoms with E-state index in [1.165, 1.54) is 7.11 Å². The molecular formula is C19H22N2O3. The molecule has 0 heterocycles. The molecule has 126 valence electrons.